The lowest BCUT2D eigenvalue weighted by Crippen LogP contribution is -2.55. The molecule has 0 aromatic heterocycles. The van der Waals surface area contributed by atoms with Crippen LogP contribution in [0.3, 0.4) is 0 Å². The fourth-order valence-electron chi connectivity index (χ4n) is 3.64. The number of para-hydroxylation sites is 1. The summed E-state index contributed by atoms with van der Waals surface area (Å²) in [4.78, 5) is 40.1. The zero-order valence-corrected chi connectivity index (χ0v) is 16.6. The van der Waals surface area contributed by atoms with Gasteiger partial charge in [-0.3, -0.25) is 0 Å². The molecule has 0 unspecified atom stereocenters. The van der Waals surface area contributed by atoms with Crippen LogP contribution in [0.4, 0.5) is 15.3 Å². The van der Waals surface area contributed by atoms with Crippen molar-refractivity contribution in [3.8, 4) is 0 Å². The van der Waals surface area contributed by atoms with E-state index < -0.39 is 5.97 Å². The molecule has 1 aromatic rings. The molecule has 2 aliphatic rings. The Labute approximate surface area is 164 Å². The van der Waals surface area contributed by atoms with Gasteiger partial charge in [-0.1, -0.05) is 26.0 Å². The van der Waals surface area contributed by atoms with Crippen LogP contribution in [-0.2, 0) is 9.47 Å². The predicted molar refractivity (Wildman–Crippen MR) is 103 cm³/mol. The van der Waals surface area contributed by atoms with Gasteiger partial charge in [0.2, 0.25) is 0 Å². The fourth-order valence-corrected chi connectivity index (χ4v) is 3.64. The Morgan fingerprint density at radius 2 is 1.89 bits per heavy atom. The van der Waals surface area contributed by atoms with Crippen LogP contribution in [0, 0.1) is 5.41 Å². The third-order valence-corrected chi connectivity index (χ3v) is 5.19. The monoisotopic (exact) mass is 389 g/mol. The Balaban J connectivity index is 1.59. The number of benzene rings is 1. The highest BCUT2D eigenvalue weighted by atomic mass is 16.6. The topological polar surface area (TPSA) is 88.2 Å². The predicted octanol–water partition coefficient (Wildman–Crippen LogP) is 2.95. The lowest BCUT2D eigenvalue weighted by Gasteiger charge is -2.44. The van der Waals surface area contributed by atoms with Gasteiger partial charge in [0, 0.05) is 31.1 Å². The van der Waals surface area contributed by atoms with E-state index in [0.29, 0.717) is 50.3 Å². The minimum absolute atomic E-state index is 0.0680. The Bertz CT molecular complexity index is 756. The minimum Gasteiger partial charge on any atom is -0.465 e. The second-order valence-electron chi connectivity index (χ2n) is 8.03. The maximum Gasteiger partial charge on any atom is 0.410 e. The van der Waals surface area contributed by atoms with Gasteiger partial charge in [0.15, 0.2) is 0 Å². The molecule has 1 N–H and O–H groups in total. The molecule has 0 atom stereocenters. The van der Waals surface area contributed by atoms with Gasteiger partial charge in [0.05, 0.1) is 25.0 Å². The number of carbonyl (C=O) groups excluding carboxylic acids is 3. The van der Waals surface area contributed by atoms with Crippen LogP contribution in [0.2, 0.25) is 0 Å². The lowest BCUT2D eigenvalue weighted by molar-refractivity contribution is -0.0141. The number of methoxy groups -OCH3 is 1. The number of anilines is 1. The van der Waals surface area contributed by atoms with Gasteiger partial charge in [-0.05, 0) is 25.0 Å². The van der Waals surface area contributed by atoms with E-state index in [4.69, 9.17) is 9.47 Å². The number of hydrogen-bond donors (Lipinski definition) is 1. The number of esters is 1. The molecule has 8 nitrogen and oxygen atoms in total. The van der Waals surface area contributed by atoms with Crippen molar-refractivity contribution in [2.45, 2.75) is 32.7 Å². The molecule has 3 rings (SSSR count). The number of nitrogens with one attached hydrogen (secondary N) is 1. The van der Waals surface area contributed by atoms with E-state index in [-0.39, 0.29) is 23.6 Å². The first-order valence-corrected chi connectivity index (χ1v) is 9.47. The third-order valence-electron chi connectivity index (χ3n) is 5.19. The smallest absolute Gasteiger partial charge is 0.410 e. The quantitative estimate of drug-likeness (QED) is 0.803. The number of ether oxygens (including phenoxy) is 2. The molecular weight excluding hydrogens is 362 g/mol. The van der Waals surface area contributed by atoms with E-state index >= 15 is 0 Å². The minimum atomic E-state index is -0.499. The summed E-state index contributed by atoms with van der Waals surface area (Å²) in [5, 5.41) is 2.79. The van der Waals surface area contributed by atoms with Crippen LogP contribution < -0.4 is 5.32 Å². The maximum atomic E-state index is 12.6. The Kier molecular flexibility index (Phi) is 5.76. The molecule has 2 heterocycles. The van der Waals surface area contributed by atoms with Crippen molar-refractivity contribution in [2.75, 3.05) is 38.7 Å². The second-order valence-corrected chi connectivity index (χ2v) is 8.03. The first-order chi connectivity index (χ1) is 13.3. The number of piperidine rings is 1. The normalized spacial score (nSPS) is 19.8. The van der Waals surface area contributed by atoms with Gasteiger partial charge in [-0.15, -0.1) is 0 Å². The number of nitrogens with zero attached hydrogens (tertiary/aromatic N) is 2. The van der Waals surface area contributed by atoms with Crippen LogP contribution in [0.25, 0.3) is 0 Å². The summed E-state index contributed by atoms with van der Waals surface area (Å²) in [7, 11) is 1.30. The average Bonchev–Trinajstić information content (AvgIpc) is 2.70. The summed E-state index contributed by atoms with van der Waals surface area (Å²) >= 11 is 0. The molecule has 152 valence electrons. The van der Waals surface area contributed by atoms with Gasteiger partial charge in [0.1, 0.15) is 0 Å². The van der Waals surface area contributed by atoms with Gasteiger partial charge in [-0.2, -0.15) is 0 Å². The molecule has 0 radical (unpaired) electrons. The van der Waals surface area contributed by atoms with Crippen molar-refractivity contribution in [3.63, 3.8) is 0 Å². The van der Waals surface area contributed by atoms with Crippen molar-refractivity contribution in [3.05, 3.63) is 29.8 Å². The molecule has 0 aliphatic carbocycles. The Morgan fingerprint density at radius 3 is 2.57 bits per heavy atom. The molecule has 2 aliphatic heterocycles. The summed E-state index contributed by atoms with van der Waals surface area (Å²) in [5.74, 6) is -0.499. The number of hydrogen-bond acceptors (Lipinski definition) is 5. The van der Waals surface area contributed by atoms with Crippen molar-refractivity contribution in [1.29, 1.82) is 0 Å². The first kappa shape index (κ1) is 20.0. The highest BCUT2D eigenvalue weighted by molar-refractivity contribution is 6.00. The van der Waals surface area contributed by atoms with Crippen LogP contribution in [-0.4, -0.2) is 67.3 Å². The number of likely N-dealkylation sites (tertiary alicyclic amines) is 1. The summed E-state index contributed by atoms with van der Waals surface area (Å²) < 4.78 is 10.1. The van der Waals surface area contributed by atoms with E-state index in [2.05, 4.69) is 19.2 Å². The van der Waals surface area contributed by atoms with Crippen LogP contribution in [0.1, 0.15) is 37.0 Å². The molecule has 8 heteroatoms. The summed E-state index contributed by atoms with van der Waals surface area (Å²) in [6, 6.07) is 6.54. The molecule has 28 heavy (non-hydrogen) atoms. The largest absolute Gasteiger partial charge is 0.465 e. The molecular formula is C20H27N3O5. The highest BCUT2D eigenvalue weighted by Gasteiger charge is 2.38. The number of cyclic esters (lactones) is 1. The molecule has 0 saturated carbocycles. The molecule has 3 amide bonds. The second kappa shape index (κ2) is 8.08. The third kappa shape index (κ3) is 4.37. The average molecular weight is 389 g/mol. The molecule has 0 spiro atoms. The standard InChI is InChI=1S/C20H27N3O5/c1-20(2)12-23(19(26)28-13-20)14-8-10-22(11-9-14)18(25)21-16-7-5-4-6-15(16)17(24)27-3/h4-7,14H,8-13H2,1-3H3,(H,21,25). The molecule has 2 fully saturated rings. The number of rotatable bonds is 3. The highest BCUT2D eigenvalue weighted by Crippen LogP contribution is 2.28. The van der Waals surface area contributed by atoms with Crippen LogP contribution in [0.15, 0.2) is 24.3 Å². The Morgan fingerprint density at radius 1 is 1.21 bits per heavy atom. The SMILES string of the molecule is COC(=O)c1ccccc1NC(=O)N1CCC(N2CC(C)(C)COC2=O)CC1. The number of amides is 3. The number of carbonyl (C=O) groups is 3. The van der Waals surface area contributed by atoms with Gasteiger partial charge < -0.3 is 24.6 Å². The van der Waals surface area contributed by atoms with Gasteiger partial charge in [0.25, 0.3) is 0 Å². The van der Waals surface area contributed by atoms with E-state index in [1.807, 2.05) is 0 Å². The number of urea groups is 1. The summed E-state index contributed by atoms with van der Waals surface area (Å²) in [6.07, 6.45) is 1.11. The van der Waals surface area contributed by atoms with Crippen molar-refractivity contribution in [1.82, 2.24) is 9.80 Å². The lowest BCUT2D eigenvalue weighted by atomic mass is 9.91. The van der Waals surface area contributed by atoms with Crippen molar-refractivity contribution < 1.29 is 23.9 Å². The van der Waals surface area contributed by atoms with Gasteiger partial charge >= 0.3 is 18.1 Å². The molecule has 1 aromatic carbocycles. The van der Waals surface area contributed by atoms with E-state index in [0.717, 1.165) is 0 Å². The maximum absolute atomic E-state index is 12.6. The van der Waals surface area contributed by atoms with Gasteiger partial charge in [-0.25, -0.2) is 14.4 Å². The molecule has 2 saturated heterocycles. The zero-order valence-electron chi connectivity index (χ0n) is 16.6. The van der Waals surface area contributed by atoms with Crippen molar-refractivity contribution in [2.24, 2.45) is 5.41 Å². The molecule has 0 bridgehead atoms. The van der Waals surface area contributed by atoms with Crippen LogP contribution >= 0.6 is 0 Å². The first-order valence-electron chi connectivity index (χ1n) is 9.47. The van der Waals surface area contributed by atoms with Crippen LogP contribution in [0.5, 0.6) is 0 Å². The van der Waals surface area contributed by atoms with E-state index in [9.17, 15) is 14.4 Å². The zero-order chi connectivity index (χ0) is 20.3. The Hall–Kier alpha value is -2.77. The van der Waals surface area contributed by atoms with E-state index in [1.54, 1.807) is 34.1 Å². The summed E-state index contributed by atoms with van der Waals surface area (Å²) in [6.45, 7) is 6.31. The summed E-state index contributed by atoms with van der Waals surface area (Å²) in [5.41, 5.74) is 0.661. The fraction of sp³-hybridized carbons (Fsp3) is 0.550. The van der Waals surface area contributed by atoms with Crippen molar-refractivity contribution >= 4 is 23.8 Å². The van der Waals surface area contributed by atoms with E-state index in [1.165, 1.54) is 7.11 Å².